The minimum atomic E-state index is -0.460. The Kier molecular flexibility index (Phi) is 5.10. The lowest BCUT2D eigenvalue weighted by molar-refractivity contribution is 0.0387. The van der Waals surface area contributed by atoms with Gasteiger partial charge in [-0.05, 0) is 30.7 Å². The first-order valence-corrected chi connectivity index (χ1v) is 9.24. The van der Waals surface area contributed by atoms with Crippen LogP contribution < -0.4 is 0 Å². The predicted octanol–water partition coefficient (Wildman–Crippen LogP) is 2.01. The van der Waals surface area contributed by atoms with E-state index >= 15 is 0 Å². The van der Waals surface area contributed by atoms with Gasteiger partial charge in [0.2, 0.25) is 0 Å². The molecule has 2 aromatic rings. The molecule has 2 heterocycles. The summed E-state index contributed by atoms with van der Waals surface area (Å²) < 4.78 is 7.83. The smallest absolute Gasteiger partial charge is 0.111 e. The van der Waals surface area contributed by atoms with E-state index in [4.69, 9.17) is 4.74 Å². The maximum absolute atomic E-state index is 10.2. The fourth-order valence-electron chi connectivity index (χ4n) is 3.47. The average molecular weight is 342 g/mol. The van der Waals surface area contributed by atoms with Crippen molar-refractivity contribution >= 4 is 0 Å². The quantitative estimate of drug-likeness (QED) is 0.870. The summed E-state index contributed by atoms with van der Waals surface area (Å²) in [7, 11) is 0. The van der Waals surface area contributed by atoms with Gasteiger partial charge in [0.05, 0.1) is 18.8 Å². The van der Waals surface area contributed by atoms with E-state index in [0.29, 0.717) is 18.2 Å². The molecule has 1 N–H and O–H groups in total. The Morgan fingerprint density at radius 1 is 1.24 bits per heavy atom. The third-order valence-corrected chi connectivity index (χ3v) is 5.00. The third-order valence-electron chi connectivity index (χ3n) is 5.00. The molecule has 6 heteroatoms. The van der Waals surface area contributed by atoms with E-state index < -0.39 is 6.10 Å². The SMILES string of the molecule is OC(c1cn(CC2CN(Cc3ccccc3)CCCO2)nn1)C1CC1. The summed E-state index contributed by atoms with van der Waals surface area (Å²) in [5, 5.41) is 18.5. The van der Waals surface area contributed by atoms with E-state index in [9.17, 15) is 5.11 Å². The molecule has 0 spiro atoms. The van der Waals surface area contributed by atoms with Gasteiger partial charge in [0, 0.05) is 26.2 Å². The summed E-state index contributed by atoms with van der Waals surface area (Å²) in [5.41, 5.74) is 2.02. The molecular weight excluding hydrogens is 316 g/mol. The lowest BCUT2D eigenvalue weighted by atomic mass is 10.2. The fourth-order valence-corrected chi connectivity index (χ4v) is 3.47. The van der Waals surface area contributed by atoms with Crippen LogP contribution in [0.3, 0.4) is 0 Å². The van der Waals surface area contributed by atoms with Crippen LogP contribution in [-0.4, -0.2) is 50.8 Å². The van der Waals surface area contributed by atoms with Crippen molar-refractivity contribution in [3.05, 3.63) is 47.8 Å². The normalized spacial score (nSPS) is 23.3. The van der Waals surface area contributed by atoms with E-state index in [1.54, 1.807) is 0 Å². The molecule has 1 saturated carbocycles. The number of ether oxygens (including phenoxy) is 1. The Balaban J connectivity index is 1.36. The number of aliphatic hydroxyl groups excluding tert-OH is 1. The zero-order valence-electron chi connectivity index (χ0n) is 14.5. The molecule has 2 atom stereocenters. The second-order valence-electron chi connectivity index (χ2n) is 7.21. The first-order valence-electron chi connectivity index (χ1n) is 9.24. The summed E-state index contributed by atoms with van der Waals surface area (Å²) in [5.74, 6) is 0.376. The Morgan fingerprint density at radius 3 is 2.88 bits per heavy atom. The number of aromatic nitrogens is 3. The molecule has 6 nitrogen and oxygen atoms in total. The van der Waals surface area contributed by atoms with Crippen LogP contribution in [0, 0.1) is 5.92 Å². The Bertz CT molecular complexity index is 671. The van der Waals surface area contributed by atoms with Crippen molar-refractivity contribution in [3.8, 4) is 0 Å². The molecule has 2 aliphatic rings. The van der Waals surface area contributed by atoms with Gasteiger partial charge in [-0.15, -0.1) is 5.10 Å². The van der Waals surface area contributed by atoms with Gasteiger partial charge in [0.1, 0.15) is 11.8 Å². The van der Waals surface area contributed by atoms with Crippen molar-refractivity contribution in [1.82, 2.24) is 19.9 Å². The monoisotopic (exact) mass is 342 g/mol. The van der Waals surface area contributed by atoms with Crippen LogP contribution in [-0.2, 0) is 17.8 Å². The minimum absolute atomic E-state index is 0.0961. The van der Waals surface area contributed by atoms with E-state index in [2.05, 4.69) is 45.5 Å². The topological polar surface area (TPSA) is 63.4 Å². The Hall–Kier alpha value is -1.76. The van der Waals surface area contributed by atoms with Crippen LogP contribution in [0.25, 0.3) is 0 Å². The molecule has 134 valence electrons. The molecule has 0 amide bonds. The number of benzene rings is 1. The van der Waals surface area contributed by atoms with Gasteiger partial charge in [0.25, 0.3) is 0 Å². The molecule has 2 fully saturated rings. The number of aliphatic hydroxyl groups is 1. The van der Waals surface area contributed by atoms with Gasteiger partial charge in [-0.2, -0.15) is 0 Å². The molecule has 1 aliphatic carbocycles. The van der Waals surface area contributed by atoms with Crippen molar-refractivity contribution in [1.29, 1.82) is 0 Å². The van der Waals surface area contributed by atoms with Crippen molar-refractivity contribution in [2.75, 3.05) is 19.7 Å². The highest BCUT2D eigenvalue weighted by Gasteiger charge is 2.32. The fraction of sp³-hybridized carbons (Fsp3) is 0.579. The molecule has 1 aromatic heterocycles. The van der Waals surface area contributed by atoms with Crippen LogP contribution in [0.1, 0.15) is 36.6 Å². The number of hydrogen-bond acceptors (Lipinski definition) is 5. The highest BCUT2D eigenvalue weighted by Crippen LogP contribution is 2.40. The van der Waals surface area contributed by atoms with E-state index in [1.807, 2.05) is 10.9 Å². The Morgan fingerprint density at radius 2 is 2.08 bits per heavy atom. The lowest BCUT2D eigenvalue weighted by Gasteiger charge is -2.23. The zero-order valence-corrected chi connectivity index (χ0v) is 14.5. The van der Waals surface area contributed by atoms with E-state index in [0.717, 1.165) is 45.5 Å². The summed E-state index contributed by atoms with van der Waals surface area (Å²) >= 11 is 0. The van der Waals surface area contributed by atoms with Crippen molar-refractivity contribution in [2.45, 2.75) is 44.6 Å². The number of hydrogen-bond donors (Lipinski definition) is 1. The van der Waals surface area contributed by atoms with Crippen LogP contribution in [0.4, 0.5) is 0 Å². The highest BCUT2D eigenvalue weighted by molar-refractivity contribution is 5.14. The van der Waals surface area contributed by atoms with Crippen molar-refractivity contribution in [3.63, 3.8) is 0 Å². The molecule has 1 saturated heterocycles. The molecule has 4 rings (SSSR count). The molecule has 2 unspecified atom stereocenters. The lowest BCUT2D eigenvalue weighted by Crippen LogP contribution is -2.34. The zero-order chi connectivity index (χ0) is 17.1. The largest absolute Gasteiger partial charge is 0.386 e. The van der Waals surface area contributed by atoms with Gasteiger partial charge in [-0.1, -0.05) is 35.5 Å². The molecule has 0 bridgehead atoms. The van der Waals surface area contributed by atoms with Crippen LogP contribution in [0.2, 0.25) is 0 Å². The summed E-state index contributed by atoms with van der Waals surface area (Å²) in [6.07, 6.45) is 4.74. The summed E-state index contributed by atoms with van der Waals surface area (Å²) in [4.78, 5) is 2.45. The van der Waals surface area contributed by atoms with Crippen LogP contribution in [0.15, 0.2) is 36.5 Å². The van der Waals surface area contributed by atoms with Gasteiger partial charge in [0.15, 0.2) is 0 Å². The first kappa shape index (κ1) is 16.7. The van der Waals surface area contributed by atoms with Gasteiger partial charge >= 0.3 is 0 Å². The van der Waals surface area contributed by atoms with E-state index in [-0.39, 0.29) is 6.10 Å². The van der Waals surface area contributed by atoms with Gasteiger partial charge in [-0.25, -0.2) is 4.68 Å². The summed E-state index contributed by atoms with van der Waals surface area (Å²) in [6.45, 7) is 4.34. The minimum Gasteiger partial charge on any atom is -0.386 e. The molecule has 0 radical (unpaired) electrons. The van der Waals surface area contributed by atoms with Crippen LogP contribution >= 0.6 is 0 Å². The predicted molar refractivity (Wildman–Crippen MR) is 93.8 cm³/mol. The third kappa shape index (κ3) is 4.45. The summed E-state index contributed by atoms with van der Waals surface area (Å²) in [6, 6.07) is 10.6. The highest BCUT2D eigenvalue weighted by atomic mass is 16.5. The molecule has 1 aliphatic heterocycles. The molecule has 1 aromatic carbocycles. The Labute approximate surface area is 148 Å². The second-order valence-corrected chi connectivity index (χ2v) is 7.21. The van der Waals surface area contributed by atoms with Crippen molar-refractivity contribution in [2.24, 2.45) is 5.92 Å². The maximum atomic E-state index is 10.2. The second kappa shape index (κ2) is 7.64. The maximum Gasteiger partial charge on any atom is 0.111 e. The molecule has 25 heavy (non-hydrogen) atoms. The van der Waals surface area contributed by atoms with E-state index in [1.165, 1.54) is 5.56 Å². The number of rotatable bonds is 6. The van der Waals surface area contributed by atoms with Crippen molar-refractivity contribution < 1.29 is 9.84 Å². The average Bonchev–Trinajstić information content (AvgIpc) is 3.40. The molecular formula is C19H26N4O2. The number of nitrogens with zero attached hydrogens (tertiary/aromatic N) is 4. The first-order chi connectivity index (χ1) is 12.3. The standard InChI is InChI=1S/C19H26N4O2/c24-19(16-7-8-16)18-14-23(21-20-18)13-17-12-22(9-4-10-25-17)11-15-5-2-1-3-6-15/h1-3,5-6,14,16-17,19,24H,4,7-13H2. The van der Waals surface area contributed by atoms with Crippen LogP contribution in [0.5, 0.6) is 0 Å². The van der Waals surface area contributed by atoms with Gasteiger partial charge in [-0.3, -0.25) is 4.90 Å². The van der Waals surface area contributed by atoms with Gasteiger partial charge < -0.3 is 9.84 Å².